The Labute approximate surface area is 132 Å². The Bertz CT molecular complexity index is 471. The van der Waals surface area contributed by atoms with Crippen LogP contribution in [-0.2, 0) is 0 Å². The molecule has 2 heterocycles. The molecule has 1 N–H and O–H groups in total. The minimum absolute atomic E-state index is 0.105. The van der Waals surface area contributed by atoms with Gasteiger partial charge in [-0.2, -0.15) is 0 Å². The lowest BCUT2D eigenvalue weighted by Gasteiger charge is -2.34. The number of carbonyl (C=O) groups is 1. The van der Waals surface area contributed by atoms with Gasteiger partial charge in [-0.1, -0.05) is 26.7 Å². The maximum absolute atomic E-state index is 12.1. The molecule has 6 nitrogen and oxygen atoms in total. The smallest absolute Gasteiger partial charge is 0.270 e. The number of rotatable bonds is 7. The van der Waals surface area contributed by atoms with Crippen molar-refractivity contribution >= 4 is 11.7 Å². The summed E-state index contributed by atoms with van der Waals surface area (Å²) in [6, 6.07) is 1.80. The number of nitrogens with zero attached hydrogens (tertiary/aromatic N) is 4. The molecule has 6 heteroatoms. The summed E-state index contributed by atoms with van der Waals surface area (Å²) in [7, 11) is 0. The number of nitrogens with one attached hydrogen (secondary N) is 1. The molecule has 0 saturated carbocycles. The molecular weight excluding hydrogens is 278 g/mol. The van der Waals surface area contributed by atoms with Gasteiger partial charge in [0.2, 0.25) is 0 Å². The molecule has 1 aliphatic rings. The molecule has 1 amide bonds. The molecule has 0 radical (unpaired) electrons. The molecule has 2 rings (SSSR count). The van der Waals surface area contributed by atoms with Crippen molar-refractivity contribution in [1.82, 2.24) is 20.2 Å². The molecule has 122 valence electrons. The zero-order chi connectivity index (χ0) is 15.8. The Morgan fingerprint density at radius 2 is 1.95 bits per heavy atom. The minimum atomic E-state index is -0.105. The topological polar surface area (TPSA) is 61.4 Å². The molecule has 1 fully saturated rings. The molecule has 0 unspecified atom stereocenters. The fraction of sp³-hybridized carbons (Fsp3) is 0.688. The maximum atomic E-state index is 12.1. The number of hydrogen-bond acceptors (Lipinski definition) is 5. The fourth-order valence-corrected chi connectivity index (χ4v) is 2.60. The second-order valence-electron chi connectivity index (χ2n) is 5.65. The number of unbranched alkanes of at least 4 members (excludes halogenated alkanes) is 2. The van der Waals surface area contributed by atoms with Gasteiger partial charge in [0.25, 0.3) is 5.91 Å². The van der Waals surface area contributed by atoms with Gasteiger partial charge < -0.3 is 15.1 Å². The van der Waals surface area contributed by atoms with E-state index in [0.29, 0.717) is 12.2 Å². The first-order chi connectivity index (χ1) is 10.7. The predicted octanol–water partition coefficient (Wildman–Crippen LogP) is 1.54. The van der Waals surface area contributed by atoms with E-state index in [4.69, 9.17) is 0 Å². The summed E-state index contributed by atoms with van der Waals surface area (Å²) in [5.74, 6) is 0.747. The number of carbonyl (C=O) groups excluding carboxylic acids is 1. The predicted molar refractivity (Wildman–Crippen MR) is 88.2 cm³/mol. The van der Waals surface area contributed by atoms with E-state index in [2.05, 4.69) is 38.9 Å². The van der Waals surface area contributed by atoms with Gasteiger partial charge in [0, 0.05) is 38.8 Å². The zero-order valence-electron chi connectivity index (χ0n) is 13.7. The highest BCUT2D eigenvalue weighted by atomic mass is 16.1. The van der Waals surface area contributed by atoms with Gasteiger partial charge in [-0.25, -0.2) is 9.97 Å². The van der Waals surface area contributed by atoms with E-state index in [0.717, 1.165) is 57.8 Å². The Kier molecular flexibility index (Phi) is 6.58. The van der Waals surface area contributed by atoms with Crippen LogP contribution in [0.4, 0.5) is 5.82 Å². The lowest BCUT2D eigenvalue weighted by Crippen LogP contribution is -2.46. The van der Waals surface area contributed by atoms with Crippen molar-refractivity contribution in [3.63, 3.8) is 0 Å². The molecule has 0 atom stereocenters. The summed E-state index contributed by atoms with van der Waals surface area (Å²) in [5, 5.41) is 2.92. The van der Waals surface area contributed by atoms with Crippen molar-refractivity contribution in [3.05, 3.63) is 18.1 Å². The monoisotopic (exact) mass is 305 g/mol. The first-order valence-electron chi connectivity index (χ1n) is 8.32. The molecule has 1 aliphatic heterocycles. The van der Waals surface area contributed by atoms with Crippen LogP contribution >= 0.6 is 0 Å². The quantitative estimate of drug-likeness (QED) is 0.774. The molecule has 0 spiro atoms. The summed E-state index contributed by atoms with van der Waals surface area (Å²) in [6.07, 6.45) is 4.79. The highest BCUT2D eigenvalue weighted by Gasteiger charge is 2.18. The van der Waals surface area contributed by atoms with Crippen LogP contribution in [-0.4, -0.2) is 60.0 Å². The van der Waals surface area contributed by atoms with Crippen molar-refractivity contribution in [2.24, 2.45) is 0 Å². The van der Waals surface area contributed by atoms with Crippen LogP contribution in [0.25, 0.3) is 0 Å². The van der Waals surface area contributed by atoms with Crippen LogP contribution in [0.5, 0.6) is 0 Å². The molecule has 1 aromatic heterocycles. The van der Waals surface area contributed by atoms with Gasteiger partial charge in [-0.3, -0.25) is 4.79 Å². The molecule has 0 aromatic carbocycles. The SMILES string of the molecule is CCCCCNC(=O)c1cc(N2CCN(CC)CC2)ncn1. The lowest BCUT2D eigenvalue weighted by atomic mass is 10.2. The number of amides is 1. The van der Waals surface area contributed by atoms with Crippen molar-refractivity contribution in [3.8, 4) is 0 Å². The molecular formula is C16H27N5O. The summed E-state index contributed by atoms with van der Waals surface area (Å²) >= 11 is 0. The summed E-state index contributed by atoms with van der Waals surface area (Å²) in [4.78, 5) is 25.2. The Morgan fingerprint density at radius 1 is 1.18 bits per heavy atom. The van der Waals surface area contributed by atoms with Crippen LogP contribution in [0.1, 0.15) is 43.6 Å². The van der Waals surface area contributed by atoms with Gasteiger partial charge in [-0.05, 0) is 13.0 Å². The molecule has 0 aliphatic carbocycles. The Morgan fingerprint density at radius 3 is 2.64 bits per heavy atom. The molecule has 1 aromatic rings. The second kappa shape index (κ2) is 8.68. The van der Waals surface area contributed by atoms with Crippen LogP contribution in [0.15, 0.2) is 12.4 Å². The van der Waals surface area contributed by atoms with E-state index in [1.165, 1.54) is 6.33 Å². The van der Waals surface area contributed by atoms with Crippen LogP contribution in [0.2, 0.25) is 0 Å². The van der Waals surface area contributed by atoms with E-state index in [-0.39, 0.29) is 5.91 Å². The number of likely N-dealkylation sites (N-methyl/N-ethyl adjacent to an activating group) is 1. The minimum Gasteiger partial charge on any atom is -0.354 e. The standard InChI is InChI=1S/C16H27N5O/c1-3-5-6-7-17-16(22)14-12-15(19-13-18-14)21-10-8-20(4-2)9-11-21/h12-13H,3-11H2,1-2H3,(H,17,22). The average Bonchev–Trinajstić information content (AvgIpc) is 2.59. The van der Waals surface area contributed by atoms with E-state index < -0.39 is 0 Å². The number of hydrogen-bond donors (Lipinski definition) is 1. The van der Waals surface area contributed by atoms with Crippen molar-refractivity contribution in [2.75, 3.05) is 44.2 Å². The third-order valence-corrected chi connectivity index (χ3v) is 4.09. The normalized spacial score (nSPS) is 15.8. The van der Waals surface area contributed by atoms with Gasteiger partial charge in [0.05, 0.1) is 0 Å². The maximum Gasteiger partial charge on any atom is 0.270 e. The van der Waals surface area contributed by atoms with Crippen molar-refractivity contribution in [1.29, 1.82) is 0 Å². The third-order valence-electron chi connectivity index (χ3n) is 4.09. The zero-order valence-corrected chi connectivity index (χ0v) is 13.7. The lowest BCUT2D eigenvalue weighted by molar-refractivity contribution is 0.0948. The number of piperazine rings is 1. The van der Waals surface area contributed by atoms with Crippen LogP contribution in [0, 0.1) is 0 Å². The summed E-state index contributed by atoms with van der Waals surface area (Å²) in [6.45, 7) is 10.1. The average molecular weight is 305 g/mol. The Hall–Kier alpha value is -1.69. The highest BCUT2D eigenvalue weighted by Crippen LogP contribution is 2.13. The number of aromatic nitrogens is 2. The van der Waals surface area contributed by atoms with Crippen molar-refractivity contribution < 1.29 is 4.79 Å². The summed E-state index contributed by atoms with van der Waals surface area (Å²) in [5.41, 5.74) is 0.458. The van der Waals surface area contributed by atoms with Crippen molar-refractivity contribution in [2.45, 2.75) is 33.1 Å². The molecule has 0 bridgehead atoms. The van der Waals surface area contributed by atoms with E-state index in [1.807, 2.05) is 0 Å². The second-order valence-corrected chi connectivity index (χ2v) is 5.65. The van der Waals surface area contributed by atoms with Gasteiger partial charge in [-0.15, -0.1) is 0 Å². The van der Waals surface area contributed by atoms with Crippen LogP contribution < -0.4 is 10.2 Å². The molecule has 22 heavy (non-hydrogen) atoms. The van der Waals surface area contributed by atoms with Gasteiger partial charge in [0.1, 0.15) is 17.8 Å². The van der Waals surface area contributed by atoms with Crippen LogP contribution in [0.3, 0.4) is 0 Å². The van der Waals surface area contributed by atoms with Gasteiger partial charge in [0.15, 0.2) is 0 Å². The van der Waals surface area contributed by atoms with Gasteiger partial charge >= 0.3 is 0 Å². The third kappa shape index (κ3) is 4.66. The van der Waals surface area contributed by atoms with E-state index in [9.17, 15) is 4.79 Å². The first kappa shape index (κ1) is 16.7. The van der Waals surface area contributed by atoms with E-state index in [1.54, 1.807) is 6.07 Å². The van der Waals surface area contributed by atoms with E-state index >= 15 is 0 Å². The largest absolute Gasteiger partial charge is 0.354 e. The number of anilines is 1. The Balaban J connectivity index is 1.91. The highest BCUT2D eigenvalue weighted by molar-refractivity contribution is 5.92. The molecule has 1 saturated heterocycles. The summed E-state index contributed by atoms with van der Waals surface area (Å²) < 4.78 is 0. The fourth-order valence-electron chi connectivity index (χ4n) is 2.60. The first-order valence-corrected chi connectivity index (χ1v) is 8.32.